The van der Waals surface area contributed by atoms with Gasteiger partial charge < -0.3 is 5.32 Å². The third kappa shape index (κ3) is 3.85. The fraction of sp³-hybridized carbons (Fsp3) is 0. The van der Waals surface area contributed by atoms with Crippen molar-refractivity contribution in [3.05, 3.63) is 53.6 Å². The predicted molar refractivity (Wildman–Crippen MR) is 84.5 cm³/mol. The molecular weight excluding hydrogens is 320 g/mol. The number of hydrogen-bond acceptors (Lipinski definition) is 6. The molecule has 2 aromatic rings. The molecule has 1 aromatic heterocycles. The summed E-state index contributed by atoms with van der Waals surface area (Å²) in [7, 11) is -3.63. The average Bonchev–Trinajstić information content (AvgIpc) is 3.01. The van der Waals surface area contributed by atoms with Gasteiger partial charge >= 0.3 is 0 Å². The van der Waals surface area contributed by atoms with Gasteiger partial charge in [-0.1, -0.05) is 0 Å². The molecule has 110 valence electrons. The number of hydrogen-bond donors (Lipinski definition) is 2. The molecule has 2 rings (SSSR count). The summed E-state index contributed by atoms with van der Waals surface area (Å²) in [5.41, 5.74) is 0.495. The van der Waals surface area contributed by atoms with Crippen LogP contribution in [-0.4, -0.2) is 8.42 Å². The van der Waals surface area contributed by atoms with Gasteiger partial charge in [0.2, 0.25) is 0 Å². The molecule has 0 unspecified atom stereocenters. The molecule has 0 amide bonds. The van der Waals surface area contributed by atoms with Crippen LogP contribution in [0.25, 0.3) is 0 Å². The summed E-state index contributed by atoms with van der Waals surface area (Å²) in [6.07, 6.45) is 1.26. The van der Waals surface area contributed by atoms with Crippen LogP contribution in [0.15, 0.2) is 58.4 Å². The van der Waals surface area contributed by atoms with Crippen LogP contribution in [0.3, 0.4) is 0 Å². The molecule has 1 aromatic carbocycles. The number of nitrogens with one attached hydrogen (secondary N) is 2. The van der Waals surface area contributed by atoms with Gasteiger partial charge in [0.05, 0.1) is 4.90 Å². The molecule has 0 aliphatic carbocycles. The van der Waals surface area contributed by atoms with E-state index >= 15 is 0 Å². The van der Waals surface area contributed by atoms with Crippen LogP contribution in [0, 0.1) is 22.7 Å². The topological polar surface area (TPSA) is 106 Å². The highest BCUT2D eigenvalue weighted by atomic mass is 32.2. The maximum Gasteiger partial charge on any atom is 0.262 e. The van der Waals surface area contributed by atoms with E-state index in [1.165, 1.54) is 29.7 Å². The van der Waals surface area contributed by atoms with Crippen molar-refractivity contribution in [2.75, 3.05) is 10.0 Å². The van der Waals surface area contributed by atoms with Crippen molar-refractivity contribution < 1.29 is 8.42 Å². The average molecular weight is 330 g/mol. The van der Waals surface area contributed by atoms with Gasteiger partial charge in [-0.05, 0) is 41.8 Å². The first-order valence-electron chi connectivity index (χ1n) is 5.98. The number of rotatable bonds is 5. The van der Waals surface area contributed by atoms with E-state index in [1.807, 2.05) is 0 Å². The Morgan fingerprint density at radius 1 is 1.14 bits per heavy atom. The molecule has 0 aliphatic heterocycles. The summed E-state index contributed by atoms with van der Waals surface area (Å²) in [6, 6.07) is 12.8. The van der Waals surface area contributed by atoms with Gasteiger partial charge in [-0.2, -0.15) is 10.5 Å². The maximum absolute atomic E-state index is 12.1. The van der Waals surface area contributed by atoms with E-state index in [9.17, 15) is 8.42 Å². The minimum Gasteiger partial charge on any atom is -0.360 e. The predicted octanol–water partition coefficient (Wildman–Crippen LogP) is 2.89. The SMILES string of the molecule is N#CC(C#N)=CNc1ccc(S(=O)(=O)Nc2cccs2)cc1. The zero-order valence-electron chi connectivity index (χ0n) is 11.1. The molecule has 0 radical (unpaired) electrons. The van der Waals surface area contributed by atoms with E-state index in [0.29, 0.717) is 10.7 Å². The first kappa shape index (κ1) is 15.6. The highest BCUT2D eigenvalue weighted by molar-refractivity contribution is 7.93. The molecule has 0 saturated heterocycles. The van der Waals surface area contributed by atoms with Crippen LogP contribution in [0.5, 0.6) is 0 Å². The minimum atomic E-state index is -3.63. The second-order valence-electron chi connectivity index (χ2n) is 4.03. The normalized spacial score (nSPS) is 10.1. The summed E-state index contributed by atoms with van der Waals surface area (Å²) >= 11 is 1.29. The zero-order chi connectivity index (χ0) is 16.0. The Kier molecular flexibility index (Phi) is 4.79. The molecule has 6 nitrogen and oxygen atoms in total. The van der Waals surface area contributed by atoms with Crippen molar-refractivity contribution in [1.82, 2.24) is 0 Å². The van der Waals surface area contributed by atoms with Gasteiger partial charge in [0.1, 0.15) is 22.7 Å². The fourth-order valence-electron chi connectivity index (χ4n) is 1.50. The largest absolute Gasteiger partial charge is 0.360 e. The second-order valence-corrected chi connectivity index (χ2v) is 6.66. The van der Waals surface area contributed by atoms with Crippen LogP contribution in [0.4, 0.5) is 10.7 Å². The smallest absolute Gasteiger partial charge is 0.262 e. The number of allylic oxidation sites excluding steroid dienone is 1. The highest BCUT2D eigenvalue weighted by Crippen LogP contribution is 2.21. The molecule has 2 N–H and O–H groups in total. The molecule has 1 heterocycles. The van der Waals surface area contributed by atoms with Crippen LogP contribution in [-0.2, 0) is 10.0 Å². The fourth-order valence-corrected chi connectivity index (χ4v) is 3.43. The van der Waals surface area contributed by atoms with Gasteiger partial charge in [0.25, 0.3) is 10.0 Å². The van der Waals surface area contributed by atoms with E-state index < -0.39 is 10.0 Å². The standard InChI is InChI=1S/C14H10N4O2S2/c15-8-11(9-16)10-17-12-3-5-13(6-4-12)22(19,20)18-14-2-1-7-21-14/h1-7,10,17-18H. The molecule has 0 atom stereocenters. The lowest BCUT2D eigenvalue weighted by atomic mass is 10.3. The zero-order valence-corrected chi connectivity index (χ0v) is 12.8. The van der Waals surface area contributed by atoms with Crippen molar-refractivity contribution in [3.8, 4) is 12.1 Å². The highest BCUT2D eigenvalue weighted by Gasteiger charge is 2.14. The van der Waals surface area contributed by atoms with Crippen LogP contribution >= 0.6 is 11.3 Å². The summed E-state index contributed by atoms with van der Waals surface area (Å²) in [6.45, 7) is 0. The molecule has 0 fully saturated rings. The first-order valence-corrected chi connectivity index (χ1v) is 8.35. The van der Waals surface area contributed by atoms with Crippen LogP contribution in [0.2, 0.25) is 0 Å². The third-order valence-electron chi connectivity index (χ3n) is 2.54. The summed E-state index contributed by atoms with van der Waals surface area (Å²) < 4.78 is 26.8. The van der Waals surface area contributed by atoms with Crippen molar-refractivity contribution in [3.63, 3.8) is 0 Å². The molecule has 0 bridgehead atoms. The summed E-state index contributed by atoms with van der Waals surface area (Å²) in [5.74, 6) is 0. The van der Waals surface area contributed by atoms with Gasteiger partial charge in [-0.15, -0.1) is 11.3 Å². The van der Waals surface area contributed by atoms with E-state index in [1.54, 1.807) is 41.8 Å². The minimum absolute atomic E-state index is 0.0731. The molecule has 0 aliphatic rings. The van der Waals surface area contributed by atoms with Gasteiger partial charge in [-0.25, -0.2) is 8.42 Å². The Bertz CT molecular complexity index is 839. The van der Waals surface area contributed by atoms with Crippen molar-refractivity contribution in [2.24, 2.45) is 0 Å². The van der Waals surface area contributed by atoms with E-state index in [4.69, 9.17) is 10.5 Å². The molecule has 8 heteroatoms. The van der Waals surface area contributed by atoms with Crippen molar-refractivity contribution in [2.45, 2.75) is 4.90 Å². The third-order valence-corrected chi connectivity index (χ3v) is 4.84. The Morgan fingerprint density at radius 2 is 1.82 bits per heavy atom. The summed E-state index contributed by atoms with van der Waals surface area (Å²) in [5, 5.41) is 22.3. The number of anilines is 2. The van der Waals surface area contributed by atoms with E-state index in [0.717, 1.165) is 0 Å². The number of thiophene rings is 1. The Hall–Kier alpha value is -2.81. The number of benzene rings is 1. The second kappa shape index (κ2) is 6.76. The Morgan fingerprint density at radius 3 is 2.36 bits per heavy atom. The quantitative estimate of drug-likeness (QED) is 0.820. The maximum atomic E-state index is 12.1. The number of nitrogens with zero attached hydrogens (tertiary/aromatic N) is 2. The van der Waals surface area contributed by atoms with Gasteiger partial charge in [0, 0.05) is 11.9 Å². The van der Waals surface area contributed by atoms with Gasteiger partial charge in [-0.3, -0.25) is 4.72 Å². The van der Waals surface area contributed by atoms with Crippen molar-refractivity contribution >= 4 is 32.0 Å². The Labute approximate surface area is 132 Å². The molecule has 0 saturated carbocycles. The van der Waals surface area contributed by atoms with E-state index in [-0.39, 0.29) is 10.5 Å². The van der Waals surface area contributed by atoms with E-state index in [2.05, 4.69) is 10.0 Å². The van der Waals surface area contributed by atoms with Crippen LogP contribution in [0.1, 0.15) is 0 Å². The van der Waals surface area contributed by atoms with Crippen LogP contribution < -0.4 is 10.0 Å². The lowest BCUT2D eigenvalue weighted by Crippen LogP contribution is -2.11. The monoisotopic (exact) mass is 330 g/mol. The first-order chi connectivity index (χ1) is 10.5. The number of nitriles is 2. The molecule has 22 heavy (non-hydrogen) atoms. The lowest BCUT2D eigenvalue weighted by Gasteiger charge is -2.07. The van der Waals surface area contributed by atoms with Crippen molar-refractivity contribution in [1.29, 1.82) is 10.5 Å². The Balaban J connectivity index is 2.14. The molecule has 0 spiro atoms. The lowest BCUT2D eigenvalue weighted by molar-refractivity contribution is 0.601. The summed E-state index contributed by atoms with van der Waals surface area (Å²) in [4.78, 5) is 0.121. The molecular formula is C14H10N4O2S2. The van der Waals surface area contributed by atoms with Gasteiger partial charge in [0.15, 0.2) is 0 Å². The number of sulfonamides is 1.